The van der Waals surface area contributed by atoms with Crippen LogP contribution in [0.15, 0.2) is 82.6 Å². The average Bonchev–Trinajstić information content (AvgIpc) is 3.19. The lowest BCUT2D eigenvalue weighted by molar-refractivity contribution is 0.0993. The standard InChI is InChI=1S/C26H25FN4OS/c27-19-7-9-20(10-8-19)31-14-12-30(13-15-31)17-18-6-11-23-22(16-18)25(24(29-23)26(28)32)33-21-4-2-1-3-5-21/h1-11,16,29H,12-15,17H2,(H2,28,32). The van der Waals surface area contributed by atoms with Crippen molar-refractivity contribution in [2.75, 3.05) is 31.1 Å². The van der Waals surface area contributed by atoms with E-state index < -0.39 is 5.91 Å². The molecule has 0 saturated carbocycles. The number of hydrogen-bond donors (Lipinski definition) is 2. The van der Waals surface area contributed by atoms with Crippen molar-refractivity contribution < 1.29 is 9.18 Å². The van der Waals surface area contributed by atoms with Crippen LogP contribution in [0.5, 0.6) is 0 Å². The minimum absolute atomic E-state index is 0.207. The maximum atomic E-state index is 13.2. The molecule has 5 rings (SSSR count). The van der Waals surface area contributed by atoms with Gasteiger partial charge in [-0.15, -0.1) is 0 Å². The van der Waals surface area contributed by atoms with Gasteiger partial charge in [0.2, 0.25) is 0 Å². The van der Waals surface area contributed by atoms with Crippen LogP contribution in [0.25, 0.3) is 10.9 Å². The third-order valence-corrected chi connectivity index (χ3v) is 7.13. The second kappa shape index (κ2) is 9.29. The summed E-state index contributed by atoms with van der Waals surface area (Å²) in [5, 5.41) is 1.01. The number of benzene rings is 3. The number of fused-ring (bicyclic) bond motifs is 1. The summed E-state index contributed by atoms with van der Waals surface area (Å²) in [5.41, 5.74) is 9.29. The average molecular weight is 461 g/mol. The SMILES string of the molecule is NC(=O)c1[nH]c2ccc(CN3CCN(c4ccc(F)cc4)CC3)cc2c1Sc1ccccc1. The summed E-state index contributed by atoms with van der Waals surface area (Å²) in [5.74, 6) is -0.662. The van der Waals surface area contributed by atoms with Gasteiger partial charge < -0.3 is 15.6 Å². The molecule has 0 bridgehead atoms. The first-order valence-corrected chi connectivity index (χ1v) is 11.8. The van der Waals surface area contributed by atoms with E-state index in [1.54, 1.807) is 11.8 Å². The van der Waals surface area contributed by atoms with E-state index in [-0.39, 0.29) is 5.82 Å². The lowest BCUT2D eigenvalue weighted by Gasteiger charge is -2.36. The predicted molar refractivity (Wildman–Crippen MR) is 131 cm³/mol. The first-order chi connectivity index (χ1) is 16.1. The van der Waals surface area contributed by atoms with E-state index in [1.807, 2.05) is 48.5 Å². The molecular weight excluding hydrogens is 435 g/mol. The van der Waals surface area contributed by atoms with Gasteiger partial charge in [0.1, 0.15) is 11.5 Å². The Bertz CT molecular complexity index is 1260. The van der Waals surface area contributed by atoms with E-state index in [9.17, 15) is 9.18 Å². The van der Waals surface area contributed by atoms with Crippen LogP contribution in [0, 0.1) is 5.82 Å². The molecule has 1 aliphatic rings. The molecule has 0 radical (unpaired) electrons. The number of primary amides is 1. The molecule has 1 aromatic heterocycles. The van der Waals surface area contributed by atoms with Crippen LogP contribution in [0.4, 0.5) is 10.1 Å². The highest BCUT2D eigenvalue weighted by Gasteiger charge is 2.20. The van der Waals surface area contributed by atoms with Gasteiger partial charge in [0.05, 0.1) is 4.90 Å². The number of hydrogen-bond acceptors (Lipinski definition) is 4. The normalized spacial score (nSPS) is 14.6. The molecule has 7 heteroatoms. The zero-order chi connectivity index (χ0) is 22.8. The summed E-state index contributed by atoms with van der Waals surface area (Å²) in [6.45, 7) is 4.50. The zero-order valence-corrected chi connectivity index (χ0v) is 18.9. The van der Waals surface area contributed by atoms with E-state index >= 15 is 0 Å². The molecule has 1 amide bonds. The number of carbonyl (C=O) groups is 1. The predicted octanol–water partition coefficient (Wildman–Crippen LogP) is 4.88. The highest BCUT2D eigenvalue weighted by Crippen LogP contribution is 2.37. The lowest BCUT2D eigenvalue weighted by Crippen LogP contribution is -2.45. The molecule has 1 fully saturated rings. The number of halogens is 1. The molecule has 2 heterocycles. The maximum Gasteiger partial charge on any atom is 0.266 e. The van der Waals surface area contributed by atoms with Gasteiger partial charge in [0.25, 0.3) is 5.91 Å². The van der Waals surface area contributed by atoms with Gasteiger partial charge in [-0.2, -0.15) is 0 Å². The number of piperazine rings is 1. The molecular formula is C26H25FN4OS. The van der Waals surface area contributed by atoms with Gasteiger partial charge >= 0.3 is 0 Å². The number of carbonyl (C=O) groups excluding carboxylic acids is 1. The van der Waals surface area contributed by atoms with Crippen molar-refractivity contribution in [3.63, 3.8) is 0 Å². The fraction of sp³-hybridized carbons (Fsp3) is 0.192. The summed E-state index contributed by atoms with van der Waals surface area (Å²) in [6, 6.07) is 23.0. The second-order valence-electron chi connectivity index (χ2n) is 8.23. The maximum absolute atomic E-state index is 13.2. The molecule has 33 heavy (non-hydrogen) atoms. The molecule has 3 aromatic carbocycles. The Morgan fingerprint density at radius 2 is 1.70 bits per heavy atom. The quantitative estimate of drug-likeness (QED) is 0.431. The summed E-state index contributed by atoms with van der Waals surface area (Å²) in [7, 11) is 0. The van der Waals surface area contributed by atoms with Gasteiger partial charge in [-0.1, -0.05) is 36.0 Å². The topological polar surface area (TPSA) is 65.4 Å². The number of nitrogens with two attached hydrogens (primary N) is 1. The molecule has 0 aliphatic carbocycles. The van der Waals surface area contributed by atoms with Gasteiger partial charge in [0, 0.05) is 54.2 Å². The Morgan fingerprint density at radius 3 is 2.39 bits per heavy atom. The fourth-order valence-electron chi connectivity index (χ4n) is 4.27. The van der Waals surface area contributed by atoms with Crippen molar-refractivity contribution in [3.05, 3.63) is 89.9 Å². The fourth-order valence-corrected chi connectivity index (χ4v) is 5.33. The summed E-state index contributed by atoms with van der Waals surface area (Å²) < 4.78 is 13.2. The van der Waals surface area contributed by atoms with E-state index in [2.05, 4.69) is 26.9 Å². The Morgan fingerprint density at radius 1 is 0.970 bits per heavy atom. The van der Waals surface area contributed by atoms with Crippen molar-refractivity contribution in [2.24, 2.45) is 5.73 Å². The lowest BCUT2D eigenvalue weighted by atomic mass is 10.1. The van der Waals surface area contributed by atoms with E-state index in [1.165, 1.54) is 17.7 Å². The van der Waals surface area contributed by atoms with Crippen molar-refractivity contribution in [2.45, 2.75) is 16.3 Å². The molecule has 1 aliphatic heterocycles. The molecule has 0 unspecified atom stereocenters. The number of amides is 1. The number of rotatable bonds is 6. The molecule has 0 atom stereocenters. The number of H-pyrrole nitrogens is 1. The van der Waals surface area contributed by atoms with Gasteiger partial charge in [-0.3, -0.25) is 9.69 Å². The van der Waals surface area contributed by atoms with Crippen molar-refractivity contribution in [1.29, 1.82) is 0 Å². The minimum atomic E-state index is -0.455. The zero-order valence-electron chi connectivity index (χ0n) is 18.1. The molecule has 3 N–H and O–H groups in total. The third-order valence-electron chi connectivity index (χ3n) is 6.00. The van der Waals surface area contributed by atoms with Crippen LogP contribution in [-0.4, -0.2) is 42.0 Å². The molecule has 4 aromatic rings. The van der Waals surface area contributed by atoms with Gasteiger partial charge in [0.15, 0.2) is 0 Å². The van der Waals surface area contributed by atoms with Crippen molar-refractivity contribution in [1.82, 2.24) is 9.88 Å². The monoisotopic (exact) mass is 460 g/mol. The number of aromatic amines is 1. The Balaban J connectivity index is 1.33. The number of nitrogens with one attached hydrogen (secondary N) is 1. The van der Waals surface area contributed by atoms with Crippen LogP contribution in [0.3, 0.4) is 0 Å². The van der Waals surface area contributed by atoms with Gasteiger partial charge in [-0.25, -0.2) is 4.39 Å². The molecule has 0 spiro atoms. The Hall–Kier alpha value is -3.29. The number of anilines is 1. The number of aromatic nitrogens is 1. The highest BCUT2D eigenvalue weighted by atomic mass is 32.2. The largest absolute Gasteiger partial charge is 0.369 e. The molecule has 1 saturated heterocycles. The number of nitrogens with zero attached hydrogens (tertiary/aromatic N) is 2. The van der Waals surface area contributed by atoms with Crippen molar-refractivity contribution in [3.8, 4) is 0 Å². The van der Waals surface area contributed by atoms with Crippen molar-refractivity contribution >= 4 is 34.3 Å². The minimum Gasteiger partial charge on any atom is -0.369 e. The summed E-state index contributed by atoms with van der Waals surface area (Å²) in [6.07, 6.45) is 0. The van der Waals surface area contributed by atoms with Gasteiger partial charge in [-0.05, 0) is 54.1 Å². The van der Waals surface area contributed by atoms with E-state index in [4.69, 9.17) is 5.73 Å². The van der Waals surface area contributed by atoms with Crippen LogP contribution >= 0.6 is 11.8 Å². The summed E-state index contributed by atoms with van der Waals surface area (Å²) >= 11 is 1.55. The molecule has 168 valence electrons. The first kappa shape index (κ1) is 21.6. The van der Waals surface area contributed by atoms with E-state index in [0.717, 1.165) is 59.1 Å². The Kier molecular flexibility index (Phi) is 6.07. The highest BCUT2D eigenvalue weighted by molar-refractivity contribution is 7.99. The second-order valence-corrected chi connectivity index (χ2v) is 9.31. The van der Waals surface area contributed by atoms with Crippen LogP contribution in [-0.2, 0) is 6.54 Å². The Labute approximate surface area is 196 Å². The smallest absolute Gasteiger partial charge is 0.266 e. The first-order valence-electron chi connectivity index (χ1n) is 11.0. The van der Waals surface area contributed by atoms with Crippen LogP contribution in [0.1, 0.15) is 16.1 Å². The summed E-state index contributed by atoms with van der Waals surface area (Å²) in [4.78, 5) is 21.9. The van der Waals surface area contributed by atoms with Crippen LogP contribution < -0.4 is 10.6 Å². The molecule has 5 nitrogen and oxygen atoms in total. The third kappa shape index (κ3) is 4.74. The van der Waals surface area contributed by atoms with Crippen LogP contribution in [0.2, 0.25) is 0 Å². The van der Waals surface area contributed by atoms with E-state index in [0.29, 0.717) is 5.69 Å².